The lowest BCUT2D eigenvalue weighted by Crippen LogP contribution is -2.45. The van der Waals surface area contributed by atoms with Gasteiger partial charge in [-0.2, -0.15) is 0 Å². The summed E-state index contributed by atoms with van der Waals surface area (Å²) in [6.07, 6.45) is 3.91. The molecule has 0 saturated carbocycles. The number of nitrogens with one attached hydrogen (secondary N) is 2. The number of ether oxygens (including phenoxy) is 1. The van der Waals surface area contributed by atoms with E-state index in [0.29, 0.717) is 19.0 Å². The van der Waals surface area contributed by atoms with E-state index in [4.69, 9.17) is 9.26 Å². The molecule has 27 heavy (non-hydrogen) atoms. The molecule has 0 aliphatic carbocycles. The molecule has 0 radical (unpaired) electrons. The van der Waals surface area contributed by atoms with Crippen LogP contribution in [0, 0.1) is 0 Å². The van der Waals surface area contributed by atoms with Gasteiger partial charge in [0, 0.05) is 39.2 Å². The van der Waals surface area contributed by atoms with Crippen molar-refractivity contribution >= 4 is 35.8 Å². The number of halogens is 1. The maximum atomic E-state index is 11.9. The fraction of sp³-hybridized carbons (Fsp3) is 0.722. The molecule has 9 heteroatoms. The number of aryl methyl sites for hydroxylation is 2. The third-order valence-electron chi connectivity index (χ3n) is 4.43. The van der Waals surface area contributed by atoms with Gasteiger partial charge in [0.05, 0.1) is 24.9 Å². The summed E-state index contributed by atoms with van der Waals surface area (Å²) in [7, 11) is 3.47. The monoisotopic (exact) mass is 493 g/mol. The molecule has 1 aliphatic heterocycles. The fourth-order valence-corrected chi connectivity index (χ4v) is 2.78. The minimum atomic E-state index is -0.00918. The van der Waals surface area contributed by atoms with Crippen molar-refractivity contribution in [2.45, 2.75) is 52.2 Å². The van der Waals surface area contributed by atoms with E-state index < -0.39 is 0 Å². The lowest BCUT2D eigenvalue weighted by atomic mass is 10.1. The maximum Gasteiger partial charge on any atom is 0.241 e. The molecule has 0 aromatic carbocycles. The van der Waals surface area contributed by atoms with E-state index in [9.17, 15) is 4.79 Å². The Morgan fingerprint density at radius 3 is 2.67 bits per heavy atom. The molecule has 1 aromatic rings. The molecule has 1 atom stereocenters. The molecule has 0 spiro atoms. The van der Waals surface area contributed by atoms with Crippen molar-refractivity contribution in [2.24, 2.45) is 4.99 Å². The molecule has 1 fully saturated rings. The Labute approximate surface area is 178 Å². The normalized spacial score (nSPS) is 16.7. The molecule has 1 unspecified atom stereocenters. The number of carbonyl (C=O) groups is 1. The van der Waals surface area contributed by atoms with Crippen molar-refractivity contribution in [1.82, 2.24) is 20.7 Å². The first-order valence-electron chi connectivity index (χ1n) is 9.35. The van der Waals surface area contributed by atoms with Crippen LogP contribution in [-0.2, 0) is 28.9 Å². The zero-order valence-electron chi connectivity index (χ0n) is 16.7. The van der Waals surface area contributed by atoms with Gasteiger partial charge < -0.3 is 24.8 Å². The van der Waals surface area contributed by atoms with Gasteiger partial charge in [0.1, 0.15) is 5.76 Å². The third-order valence-corrected chi connectivity index (χ3v) is 4.43. The average molecular weight is 493 g/mol. The summed E-state index contributed by atoms with van der Waals surface area (Å²) in [6, 6.07) is 0. The van der Waals surface area contributed by atoms with Crippen LogP contribution in [0.1, 0.15) is 43.7 Å². The molecule has 154 valence electrons. The van der Waals surface area contributed by atoms with E-state index in [0.717, 1.165) is 49.3 Å². The Hall–Kier alpha value is -1.36. The first kappa shape index (κ1) is 23.7. The van der Waals surface area contributed by atoms with Crippen LogP contribution in [0.15, 0.2) is 9.52 Å². The molecule has 1 aliphatic rings. The van der Waals surface area contributed by atoms with Gasteiger partial charge in [0.25, 0.3) is 0 Å². The number of aliphatic imine (C=N–C) groups is 1. The summed E-state index contributed by atoms with van der Waals surface area (Å²) in [5.41, 5.74) is 1.97. The number of aromatic nitrogens is 1. The van der Waals surface area contributed by atoms with Gasteiger partial charge >= 0.3 is 0 Å². The molecular weight excluding hydrogens is 461 g/mol. The summed E-state index contributed by atoms with van der Waals surface area (Å²) in [5, 5.41) is 10.5. The molecule has 2 N–H and O–H groups in total. The van der Waals surface area contributed by atoms with Crippen molar-refractivity contribution in [3.8, 4) is 0 Å². The van der Waals surface area contributed by atoms with Crippen LogP contribution in [-0.4, -0.2) is 61.8 Å². The molecular formula is C18H32IN5O3. The number of hydrogen-bond donors (Lipinski definition) is 2. The number of hydrogen-bond acceptors (Lipinski definition) is 5. The standard InChI is InChI=1S/C18H31N5O3.HI/c1-5-15-14(16(6-2)26-22-15)11-20-18(21-12-17(24)23(3)4)19-10-13-8-7-9-25-13;/h13H,5-12H2,1-4H3,(H2,19,20,21);1H. The zero-order chi connectivity index (χ0) is 18.9. The second-order valence-electron chi connectivity index (χ2n) is 6.56. The fourth-order valence-electron chi connectivity index (χ4n) is 2.78. The maximum absolute atomic E-state index is 11.9. The highest BCUT2D eigenvalue weighted by Gasteiger charge is 2.17. The van der Waals surface area contributed by atoms with E-state index in [1.54, 1.807) is 19.0 Å². The molecule has 0 bridgehead atoms. The summed E-state index contributed by atoms with van der Waals surface area (Å²) in [6.45, 7) is 6.23. The van der Waals surface area contributed by atoms with Crippen LogP contribution >= 0.6 is 24.0 Å². The Balaban J connectivity index is 0.00000364. The van der Waals surface area contributed by atoms with Gasteiger partial charge in [-0.3, -0.25) is 4.79 Å². The van der Waals surface area contributed by atoms with E-state index in [1.807, 2.05) is 6.92 Å². The quantitative estimate of drug-likeness (QED) is 0.326. The van der Waals surface area contributed by atoms with Crippen LogP contribution in [0.25, 0.3) is 0 Å². The lowest BCUT2D eigenvalue weighted by Gasteiger charge is -2.17. The van der Waals surface area contributed by atoms with Crippen molar-refractivity contribution in [3.05, 3.63) is 17.0 Å². The number of carbonyl (C=O) groups excluding carboxylic acids is 1. The summed E-state index contributed by atoms with van der Waals surface area (Å²) >= 11 is 0. The Morgan fingerprint density at radius 1 is 1.30 bits per heavy atom. The average Bonchev–Trinajstić information content (AvgIpc) is 3.29. The number of likely N-dealkylation sites (N-methyl/N-ethyl adjacent to an activating group) is 1. The predicted molar refractivity (Wildman–Crippen MR) is 115 cm³/mol. The van der Waals surface area contributed by atoms with Gasteiger partial charge in [-0.15, -0.1) is 24.0 Å². The number of nitrogens with zero attached hydrogens (tertiary/aromatic N) is 3. The highest BCUT2D eigenvalue weighted by molar-refractivity contribution is 14.0. The largest absolute Gasteiger partial charge is 0.376 e. The van der Waals surface area contributed by atoms with E-state index >= 15 is 0 Å². The molecule has 1 aromatic heterocycles. The third kappa shape index (κ3) is 7.28. The Kier molecular flexibility index (Phi) is 10.7. The number of guanidine groups is 1. The summed E-state index contributed by atoms with van der Waals surface area (Å²) < 4.78 is 11.0. The predicted octanol–water partition coefficient (Wildman–Crippen LogP) is 1.72. The smallest absolute Gasteiger partial charge is 0.241 e. The van der Waals surface area contributed by atoms with Crippen molar-refractivity contribution in [1.29, 1.82) is 0 Å². The van der Waals surface area contributed by atoms with Gasteiger partial charge in [-0.05, 0) is 19.3 Å². The van der Waals surface area contributed by atoms with Crippen LogP contribution in [0.4, 0.5) is 0 Å². The Bertz CT molecular complexity index is 591. The molecule has 1 saturated heterocycles. The highest BCUT2D eigenvalue weighted by Crippen LogP contribution is 2.17. The lowest BCUT2D eigenvalue weighted by molar-refractivity contribution is -0.127. The van der Waals surface area contributed by atoms with Gasteiger partial charge in [0.2, 0.25) is 5.91 Å². The number of rotatable bonds is 8. The first-order chi connectivity index (χ1) is 12.5. The topological polar surface area (TPSA) is 92.0 Å². The molecule has 2 heterocycles. The van der Waals surface area contributed by atoms with Gasteiger partial charge in [-0.25, -0.2) is 4.99 Å². The molecule has 1 amide bonds. The Morgan fingerprint density at radius 2 is 2.07 bits per heavy atom. The minimum absolute atomic E-state index is 0. The van der Waals surface area contributed by atoms with Crippen LogP contribution in [0.3, 0.4) is 0 Å². The van der Waals surface area contributed by atoms with Crippen LogP contribution in [0.2, 0.25) is 0 Å². The first-order valence-corrected chi connectivity index (χ1v) is 9.35. The van der Waals surface area contributed by atoms with Gasteiger partial charge in [-0.1, -0.05) is 19.0 Å². The highest BCUT2D eigenvalue weighted by atomic mass is 127. The minimum Gasteiger partial charge on any atom is -0.376 e. The summed E-state index contributed by atoms with van der Waals surface area (Å²) in [4.78, 5) is 18.1. The van der Waals surface area contributed by atoms with Crippen LogP contribution < -0.4 is 10.6 Å². The second kappa shape index (κ2) is 12.2. The second-order valence-corrected chi connectivity index (χ2v) is 6.56. The molecule has 2 rings (SSSR count). The van der Waals surface area contributed by atoms with Crippen molar-refractivity contribution < 1.29 is 14.1 Å². The summed E-state index contributed by atoms with van der Waals surface area (Å²) in [5.74, 6) is 1.46. The van der Waals surface area contributed by atoms with E-state index in [-0.39, 0.29) is 42.5 Å². The SMILES string of the molecule is CCc1noc(CC)c1CN=C(NCC(=O)N(C)C)NCC1CCCO1.I. The van der Waals surface area contributed by atoms with E-state index in [2.05, 4.69) is 27.7 Å². The van der Waals surface area contributed by atoms with E-state index in [1.165, 1.54) is 0 Å². The molecule has 8 nitrogen and oxygen atoms in total. The number of amides is 1. The zero-order valence-corrected chi connectivity index (χ0v) is 19.0. The van der Waals surface area contributed by atoms with Crippen LogP contribution in [0.5, 0.6) is 0 Å². The van der Waals surface area contributed by atoms with Gasteiger partial charge in [0.15, 0.2) is 5.96 Å². The van der Waals surface area contributed by atoms with Crippen molar-refractivity contribution in [2.75, 3.05) is 33.8 Å². The van der Waals surface area contributed by atoms with Crippen molar-refractivity contribution in [3.63, 3.8) is 0 Å².